The predicted molar refractivity (Wildman–Crippen MR) is 66.2 cm³/mol. The van der Waals surface area contributed by atoms with Crippen molar-refractivity contribution in [3.8, 4) is 0 Å². The number of aliphatic hydroxyl groups excluding tert-OH is 1. The lowest BCUT2D eigenvalue weighted by atomic mass is 9.70. The first-order chi connectivity index (χ1) is 7.38. The van der Waals surface area contributed by atoms with Gasteiger partial charge in [0.2, 0.25) is 0 Å². The lowest BCUT2D eigenvalue weighted by Gasteiger charge is -2.36. The summed E-state index contributed by atoms with van der Waals surface area (Å²) in [5, 5.41) is 9.85. The summed E-state index contributed by atoms with van der Waals surface area (Å²) >= 11 is 0. The summed E-state index contributed by atoms with van der Waals surface area (Å²) in [4.78, 5) is 10.6. The summed E-state index contributed by atoms with van der Waals surface area (Å²) in [7, 11) is 0. The van der Waals surface area contributed by atoms with Gasteiger partial charge in [0.15, 0.2) is 0 Å². The van der Waals surface area contributed by atoms with Crippen LogP contribution in [-0.2, 0) is 4.79 Å². The third-order valence-corrected chi connectivity index (χ3v) is 3.65. The van der Waals surface area contributed by atoms with Crippen molar-refractivity contribution in [2.45, 2.75) is 53.1 Å². The standard InChI is InChI=1S/C14H22O2/c1-10(9-15)5-6-12-11(2)13(16)7-8-14(12,3)4/h5,9,13,16H,6-8H2,1-4H3/b10-5+. The van der Waals surface area contributed by atoms with Gasteiger partial charge in [-0.2, -0.15) is 0 Å². The van der Waals surface area contributed by atoms with E-state index < -0.39 is 0 Å². The quantitative estimate of drug-likeness (QED) is 0.453. The Morgan fingerprint density at radius 3 is 2.75 bits per heavy atom. The van der Waals surface area contributed by atoms with Gasteiger partial charge in [-0.05, 0) is 49.7 Å². The second kappa shape index (κ2) is 4.96. The van der Waals surface area contributed by atoms with Crippen LogP contribution in [0.2, 0.25) is 0 Å². The molecule has 0 saturated heterocycles. The van der Waals surface area contributed by atoms with E-state index in [0.29, 0.717) is 0 Å². The first-order valence-electron chi connectivity index (χ1n) is 5.88. The number of carbonyl (C=O) groups excluding carboxylic acids is 1. The molecule has 2 heteroatoms. The lowest BCUT2D eigenvalue weighted by molar-refractivity contribution is -0.104. The van der Waals surface area contributed by atoms with E-state index in [1.54, 1.807) is 0 Å². The van der Waals surface area contributed by atoms with Crippen LogP contribution in [0.25, 0.3) is 0 Å². The van der Waals surface area contributed by atoms with Gasteiger partial charge in [-0.1, -0.05) is 25.5 Å². The highest BCUT2D eigenvalue weighted by molar-refractivity contribution is 5.72. The van der Waals surface area contributed by atoms with Gasteiger partial charge in [-0.3, -0.25) is 4.79 Å². The molecule has 1 atom stereocenters. The summed E-state index contributed by atoms with van der Waals surface area (Å²) in [5.41, 5.74) is 3.28. The zero-order chi connectivity index (χ0) is 12.3. The third kappa shape index (κ3) is 2.82. The van der Waals surface area contributed by atoms with Gasteiger partial charge in [-0.25, -0.2) is 0 Å². The first kappa shape index (κ1) is 13.2. The molecule has 1 unspecified atom stereocenters. The molecule has 1 rings (SSSR count). The second-order valence-corrected chi connectivity index (χ2v) is 5.37. The van der Waals surface area contributed by atoms with Crippen LogP contribution in [0.15, 0.2) is 22.8 Å². The molecule has 0 amide bonds. The fourth-order valence-electron chi connectivity index (χ4n) is 2.35. The maximum absolute atomic E-state index is 10.6. The average molecular weight is 222 g/mol. The van der Waals surface area contributed by atoms with Crippen LogP contribution < -0.4 is 0 Å². The van der Waals surface area contributed by atoms with Crippen LogP contribution in [0.5, 0.6) is 0 Å². The van der Waals surface area contributed by atoms with Crippen molar-refractivity contribution in [2.75, 3.05) is 0 Å². The molecule has 0 radical (unpaired) electrons. The molecule has 0 aliphatic heterocycles. The first-order valence-corrected chi connectivity index (χ1v) is 5.88. The molecule has 1 aliphatic carbocycles. The van der Waals surface area contributed by atoms with Crippen molar-refractivity contribution < 1.29 is 9.90 Å². The summed E-state index contributed by atoms with van der Waals surface area (Å²) in [5.74, 6) is 0. The minimum atomic E-state index is -0.298. The molecule has 0 heterocycles. The SMILES string of the molecule is CC1=C(C/C=C(\C)C=O)C(C)(C)CCC1O. The fourth-order valence-corrected chi connectivity index (χ4v) is 2.35. The molecule has 0 aromatic heterocycles. The number of rotatable bonds is 3. The summed E-state index contributed by atoms with van der Waals surface area (Å²) < 4.78 is 0. The molecule has 2 nitrogen and oxygen atoms in total. The van der Waals surface area contributed by atoms with Crippen LogP contribution in [0, 0.1) is 5.41 Å². The predicted octanol–water partition coefficient (Wildman–Crippen LogP) is 3.02. The van der Waals surface area contributed by atoms with Gasteiger partial charge >= 0.3 is 0 Å². The Labute approximate surface area is 98.1 Å². The van der Waals surface area contributed by atoms with E-state index in [9.17, 15) is 9.90 Å². The Hall–Kier alpha value is -0.890. The van der Waals surface area contributed by atoms with Gasteiger partial charge in [0.05, 0.1) is 6.10 Å². The van der Waals surface area contributed by atoms with Crippen molar-refractivity contribution >= 4 is 6.29 Å². The van der Waals surface area contributed by atoms with Gasteiger partial charge in [0, 0.05) is 0 Å². The molecular weight excluding hydrogens is 200 g/mol. The van der Waals surface area contributed by atoms with Crippen molar-refractivity contribution in [1.82, 2.24) is 0 Å². The van der Waals surface area contributed by atoms with Crippen molar-refractivity contribution in [2.24, 2.45) is 5.41 Å². The van der Waals surface area contributed by atoms with Gasteiger partial charge in [0.25, 0.3) is 0 Å². The minimum Gasteiger partial charge on any atom is -0.389 e. The second-order valence-electron chi connectivity index (χ2n) is 5.37. The topological polar surface area (TPSA) is 37.3 Å². The average Bonchev–Trinajstić information content (AvgIpc) is 2.23. The van der Waals surface area contributed by atoms with E-state index in [1.807, 2.05) is 19.9 Å². The largest absolute Gasteiger partial charge is 0.389 e. The van der Waals surface area contributed by atoms with Gasteiger partial charge in [0.1, 0.15) is 6.29 Å². The summed E-state index contributed by atoms with van der Waals surface area (Å²) in [6.45, 7) is 8.24. The Bertz CT molecular complexity index is 335. The third-order valence-electron chi connectivity index (χ3n) is 3.65. The summed E-state index contributed by atoms with van der Waals surface area (Å²) in [6, 6.07) is 0. The van der Waals surface area contributed by atoms with E-state index in [2.05, 4.69) is 13.8 Å². The zero-order valence-electron chi connectivity index (χ0n) is 10.7. The van der Waals surface area contributed by atoms with Crippen molar-refractivity contribution in [3.63, 3.8) is 0 Å². The molecular formula is C14H22O2. The lowest BCUT2D eigenvalue weighted by Crippen LogP contribution is -2.27. The van der Waals surface area contributed by atoms with Crippen molar-refractivity contribution in [3.05, 3.63) is 22.8 Å². The highest BCUT2D eigenvalue weighted by atomic mass is 16.3. The van der Waals surface area contributed by atoms with Crippen molar-refractivity contribution in [1.29, 1.82) is 0 Å². The Morgan fingerprint density at radius 1 is 1.56 bits per heavy atom. The normalized spacial score (nSPS) is 25.8. The maximum atomic E-state index is 10.6. The van der Waals surface area contributed by atoms with Crippen LogP contribution in [-0.4, -0.2) is 17.5 Å². The molecule has 0 aromatic rings. The maximum Gasteiger partial charge on any atom is 0.145 e. The monoisotopic (exact) mass is 222 g/mol. The number of aliphatic hydroxyl groups is 1. The molecule has 90 valence electrons. The Balaban J connectivity index is 2.96. The molecule has 0 spiro atoms. The van der Waals surface area contributed by atoms with Crippen LogP contribution >= 0.6 is 0 Å². The molecule has 0 fully saturated rings. The smallest absolute Gasteiger partial charge is 0.145 e. The van der Waals surface area contributed by atoms with Gasteiger partial charge < -0.3 is 5.11 Å². The number of allylic oxidation sites excluding steroid dienone is 3. The van der Waals surface area contributed by atoms with E-state index in [1.165, 1.54) is 5.57 Å². The highest BCUT2D eigenvalue weighted by Gasteiger charge is 2.31. The molecule has 0 saturated carbocycles. The number of aldehydes is 1. The molecule has 1 N–H and O–H groups in total. The Kier molecular flexibility index (Phi) is 4.09. The van der Waals surface area contributed by atoms with E-state index >= 15 is 0 Å². The van der Waals surface area contributed by atoms with Crippen LogP contribution in [0.1, 0.15) is 47.0 Å². The van der Waals surface area contributed by atoms with E-state index in [0.717, 1.165) is 36.7 Å². The van der Waals surface area contributed by atoms with Crippen LogP contribution in [0.3, 0.4) is 0 Å². The van der Waals surface area contributed by atoms with Crippen LogP contribution in [0.4, 0.5) is 0 Å². The van der Waals surface area contributed by atoms with Gasteiger partial charge in [-0.15, -0.1) is 0 Å². The number of carbonyl (C=O) groups is 1. The molecule has 1 aliphatic rings. The number of hydrogen-bond acceptors (Lipinski definition) is 2. The van der Waals surface area contributed by atoms with E-state index in [-0.39, 0.29) is 11.5 Å². The highest BCUT2D eigenvalue weighted by Crippen LogP contribution is 2.42. The minimum absolute atomic E-state index is 0.142. The summed E-state index contributed by atoms with van der Waals surface area (Å²) in [6.07, 6.45) is 5.16. The molecule has 0 aromatic carbocycles. The van der Waals surface area contributed by atoms with E-state index in [4.69, 9.17) is 0 Å². The fraction of sp³-hybridized carbons (Fsp3) is 0.643. The molecule has 16 heavy (non-hydrogen) atoms. The zero-order valence-corrected chi connectivity index (χ0v) is 10.7. The number of hydrogen-bond donors (Lipinski definition) is 1. The molecule has 0 bridgehead atoms. The Morgan fingerprint density at radius 2 is 2.19 bits per heavy atom.